The van der Waals surface area contributed by atoms with Gasteiger partial charge < -0.3 is 15.2 Å². The molecule has 0 atom stereocenters. The second kappa shape index (κ2) is 3.66. The minimum atomic E-state index is -1.34. The predicted molar refractivity (Wildman–Crippen MR) is 48.6 cm³/mol. The van der Waals surface area contributed by atoms with E-state index in [2.05, 4.69) is 5.10 Å². The van der Waals surface area contributed by atoms with Crippen LogP contribution in [0.15, 0.2) is 5.03 Å². The normalized spacial score (nSPS) is 10.1. The molecule has 0 saturated carbocycles. The molecule has 0 aromatic carbocycles. The first-order valence-electron chi connectivity index (χ1n) is 3.47. The van der Waals surface area contributed by atoms with Crippen LogP contribution in [0.3, 0.4) is 0 Å². The van der Waals surface area contributed by atoms with Crippen molar-refractivity contribution in [3.63, 3.8) is 0 Å². The van der Waals surface area contributed by atoms with Crippen molar-refractivity contribution in [1.29, 1.82) is 0 Å². The van der Waals surface area contributed by atoms with Crippen LogP contribution in [-0.2, 0) is 7.05 Å². The first-order chi connectivity index (χ1) is 6.49. The largest absolute Gasteiger partial charge is 0.477 e. The summed E-state index contributed by atoms with van der Waals surface area (Å²) in [6, 6.07) is 0. The van der Waals surface area contributed by atoms with Crippen molar-refractivity contribution in [1.82, 2.24) is 9.78 Å². The van der Waals surface area contributed by atoms with Gasteiger partial charge in [-0.2, -0.15) is 4.68 Å². The Labute approximate surface area is 82.9 Å². The van der Waals surface area contributed by atoms with Crippen LogP contribution < -0.4 is 0 Å². The molecule has 7 nitrogen and oxygen atoms in total. The minimum Gasteiger partial charge on any atom is -0.477 e. The molecule has 0 amide bonds. The molecule has 1 rings (SSSR count). The van der Waals surface area contributed by atoms with Gasteiger partial charge in [-0.1, -0.05) is 0 Å². The van der Waals surface area contributed by atoms with Crippen molar-refractivity contribution in [3.05, 3.63) is 15.7 Å². The summed E-state index contributed by atoms with van der Waals surface area (Å²) in [5, 5.41) is 23.0. The molecule has 1 aromatic rings. The zero-order chi connectivity index (χ0) is 10.9. The summed E-state index contributed by atoms with van der Waals surface area (Å²) < 4.78 is 1.19. The van der Waals surface area contributed by atoms with E-state index in [-0.39, 0.29) is 10.6 Å². The maximum atomic E-state index is 10.7. The van der Waals surface area contributed by atoms with Crippen molar-refractivity contribution >= 4 is 23.5 Å². The summed E-state index contributed by atoms with van der Waals surface area (Å²) in [5.74, 6) is -1.96. The first-order valence-corrected chi connectivity index (χ1v) is 4.70. The lowest BCUT2D eigenvalue weighted by Gasteiger charge is -1.94. The molecule has 0 spiro atoms. The van der Waals surface area contributed by atoms with E-state index in [1.165, 1.54) is 11.7 Å². The molecule has 0 unspecified atom stereocenters. The first kappa shape index (κ1) is 10.5. The maximum Gasteiger partial charge on any atom is 0.405 e. The zero-order valence-electron chi connectivity index (χ0n) is 7.42. The maximum absolute atomic E-state index is 10.7. The van der Waals surface area contributed by atoms with E-state index in [4.69, 9.17) is 5.11 Å². The van der Waals surface area contributed by atoms with E-state index < -0.39 is 16.7 Å². The fraction of sp³-hybridized carbons (Fsp3) is 0.333. The quantitative estimate of drug-likeness (QED) is 0.455. The molecular formula is C6H7N3O4S. The Kier molecular flexibility index (Phi) is 2.75. The van der Waals surface area contributed by atoms with E-state index in [1.54, 1.807) is 6.26 Å². The second-order valence-electron chi connectivity index (χ2n) is 2.39. The number of hydrogen-bond acceptors (Lipinski definition) is 5. The van der Waals surface area contributed by atoms with Gasteiger partial charge in [-0.25, -0.2) is 4.79 Å². The minimum absolute atomic E-state index is 0.268. The smallest absolute Gasteiger partial charge is 0.405 e. The lowest BCUT2D eigenvalue weighted by Crippen LogP contribution is -2.01. The number of nitro groups is 1. The summed E-state index contributed by atoms with van der Waals surface area (Å²) >= 11 is 1.10. The van der Waals surface area contributed by atoms with Crippen LogP contribution in [0, 0.1) is 10.1 Å². The van der Waals surface area contributed by atoms with Gasteiger partial charge >= 0.3 is 11.8 Å². The van der Waals surface area contributed by atoms with Crippen molar-refractivity contribution in [3.8, 4) is 0 Å². The number of carboxylic acid groups (broad SMARTS) is 1. The van der Waals surface area contributed by atoms with E-state index in [0.29, 0.717) is 0 Å². The predicted octanol–water partition coefficient (Wildman–Crippen LogP) is 0.748. The number of carboxylic acids is 1. The van der Waals surface area contributed by atoms with Crippen molar-refractivity contribution in [2.24, 2.45) is 7.05 Å². The number of hydrogen-bond donors (Lipinski definition) is 1. The van der Waals surface area contributed by atoms with Crippen LogP contribution in [0.5, 0.6) is 0 Å². The Morgan fingerprint density at radius 2 is 2.29 bits per heavy atom. The molecule has 1 N–H and O–H groups in total. The van der Waals surface area contributed by atoms with Crippen LogP contribution in [0.25, 0.3) is 0 Å². The number of aromatic nitrogens is 2. The van der Waals surface area contributed by atoms with E-state index in [9.17, 15) is 14.9 Å². The SMILES string of the molecule is CSc1c(C(=O)O)c([N+](=O)[O-])nn1C. The van der Waals surface area contributed by atoms with Gasteiger partial charge in [0, 0.05) is 0 Å². The highest BCUT2D eigenvalue weighted by Gasteiger charge is 2.30. The van der Waals surface area contributed by atoms with Crippen LogP contribution >= 0.6 is 11.8 Å². The number of aromatic carboxylic acids is 1. The van der Waals surface area contributed by atoms with Gasteiger partial charge in [0.25, 0.3) is 0 Å². The van der Waals surface area contributed by atoms with Gasteiger partial charge in [0.1, 0.15) is 5.03 Å². The molecule has 0 aliphatic rings. The Hall–Kier alpha value is -1.57. The van der Waals surface area contributed by atoms with Crippen molar-refractivity contribution < 1.29 is 14.8 Å². The molecule has 0 fully saturated rings. The number of thioether (sulfide) groups is 1. The molecule has 1 heterocycles. The van der Waals surface area contributed by atoms with Gasteiger partial charge in [-0.05, 0) is 11.2 Å². The van der Waals surface area contributed by atoms with E-state index >= 15 is 0 Å². The highest BCUT2D eigenvalue weighted by molar-refractivity contribution is 7.98. The van der Waals surface area contributed by atoms with Crippen LogP contribution in [0.1, 0.15) is 10.4 Å². The monoisotopic (exact) mass is 217 g/mol. The Bertz CT molecular complexity index is 400. The lowest BCUT2D eigenvalue weighted by molar-refractivity contribution is -0.390. The van der Waals surface area contributed by atoms with E-state index in [1.807, 2.05) is 0 Å². The van der Waals surface area contributed by atoms with Crippen molar-refractivity contribution in [2.75, 3.05) is 6.26 Å². The molecule has 0 bridgehead atoms. The van der Waals surface area contributed by atoms with Crippen LogP contribution in [0.4, 0.5) is 5.82 Å². The van der Waals surface area contributed by atoms with Gasteiger partial charge in [0.05, 0.1) is 12.1 Å². The highest BCUT2D eigenvalue weighted by Crippen LogP contribution is 2.27. The topological polar surface area (TPSA) is 98.3 Å². The number of rotatable bonds is 3. The molecular weight excluding hydrogens is 210 g/mol. The molecule has 14 heavy (non-hydrogen) atoms. The molecule has 0 saturated heterocycles. The molecule has 1 aromatic heterocycles. The third kappa shape index (κ3) is 1.55. The third-order valence-electron chi connectivity index (χ3n) is 1.56. The van der Waals surface area contributed by atoms with Gasteiger partial charge in [-0.15, -0.1) is 11.8 Å². The van der Waals surface area contributed by atoms with Gasteiger partial charge in [-0.3, -0.25) is 0 Å². The Balaban J connectivity index is 3.45. The highest BCUT2D eigenvalue weighted by atomic mass is 32.2. The average Bonchev–Trinajstić information content (AvgIpc) is 2.42. The van der Waals surface area contributed by atoms with Gasteiger partial charge in [0.2, 0.25) is 0 Å². The Morgan fingerprint density at radius 1 is 1.71 bits per heavy atom. The molecule has 0 aliphatic heterocycles. The number of aryl methyl sites for hydroxylation is 1. The van der Waals surface area contributed by atoms with Crippen LogP contribution in [0.2, 0.25) is 0 Å². The Morgan fingerprint density at radius 3 is 2.64 bits per heavy atom. The summed E-state index contributed by atoms with van der Waals surface area (Å²) in [6.45, 7) is 0. The van der Waals surface area contributed by atoms with E-state index in [0.717, 1.165) is 11.8 Å². The lowest BCUT2D eigenvalue weighted by atomic mass is 10.3. The third-order valence-corrected chi connectivity index (χ3v) is 2.41. The summed E-state index contributed by atoms with van der Waals surface area (Å²) in [4.78, 5) is 20.4. The zero-order valence-corrected chi connectivity index (χ0v) is 8.24. The molecule has 76 valence electrons. The molecule has 8 heteroatoms. The summed E-state index contributed by atoms with van der Waals surface area (Å²) in [5.41, 5.74) is -0.356. The molecule has 0 aliphatic carbocycles. The van der Waals surface area contributed by atoms with Crippen LogP contribution in [-0.4, -0.2) is 32.0 Å². The standard InChI is InChI=1S/C6H7N3O4S/c1-8-5(14-2)3(6(10)11)4(7-8)9(12)13/h1-2H3,(H,10,11). The number of nitrogens with zero attached hydrogens (tertiary/aromatic N) is 3. The fourth-order valence-electron chi connectivity index (χ4n) is 1.04. The van der Waals surface area contributed by atoms with Gasteiger partial charge in [0.15, 0.2) is 5.56 Å². The second-order valence-corrected chi connectivity index (χ2v) is 3.19. The summed E-state index contributed by atoms with van der Waals surface area (Å²) in [7, 11) is 1.46. The average molecular weight is 217 g/mol. The summed E-state index contributed by atoms with van der Waals surface area (Å²) in [6.07, 6.45) is 1.63. The molecule has 0 radical (unpaired) electrons. The fourth-order valence-corrected chi connectivity index (χ4v) is 1.73. The number of carbonyl (C=O) groups is 1. The van der Waals surface area contributed by atoms with Crippen molar-refractivity contribution in [2.45, 2.75) is 5.03 Å².